The molecular weight excluding hydrogens is 264 g/mol. The van der Waals surface area contributed by atoms with Gasteiger partial charge >= 0.3 is 5.51 Å². The first-order valence-electron chi connectivity index (χ1n) is 5.65. The van der Waals surface area contributed by atoms with Crippen molar-refractivity contribution in [3.8, 4) is 0 Å². The van der Waals surface area contributed by atoms with Gasteiger partial charge in [0.2, 0.25) is 0 Å². The van der Waals surface area contributed by atoms with Crippen molar-refractivity contribution in [3.63, 3.8) is 0 Å². The highest BCUT2D eigenvalue weighted by Gasteiger charge is 2.57. The zero-order valence-electron chi connectivity index (χ0n) is 10.1. The molecule has 0 fully saturated rings. The lowest BCUT2D eigenvalue weighted by Gasteiger charge is -2.33. The second-order valence-corrected chi connectivity index (χ2v) is 7.23. The summed E-state index contributed by atoms with van der Waals surface area (Å²) in [6.45, 7) is 3.58. The van der Waals surface area contributed by atoms with E-state index in [9.17, 15) is 17.1 Å². The molecule has 18 heavy (non-hydrogen) atoms. The van der Waals surface area contributed by atoms with Crippen molar-refractivity contribution in [3.05, 3.63) is 34.7 Å². The standard InChI is InChI=1S/C13H14F4S/c1-9(2)7-11-8-10-5-3-4-6-12(10)18(11,17)13(14,15)16/h3-6,8-9H,7H2,1-2H3. The third-order valence-corrected chi connectivity index (χ3v) is 5.45. The predicted molar refractivity (Wildman–Crippen MR) is 66.9 cm³/mol. The maximum absolute atomic E-state index is 14.7. The number of rotatable bonds is 2. The lowest BCUT2D eigenvalue weighted by molar-refractivity contribution is -0.0413. The molecule has 1 aromatic rings. The summed E-state index contributed by atoms with van der Waals surface area (Å²) in [4.78, 5) is -0.306. The van der Waals surface area contributed by atoms with Crippen LogP contribution >= 0.6 is 10.4 Å². The Kier molecular flexibility index (Phi) is 3.21. The normalized spacial score (nSPS) is 26.7. The molecule has 1 atom stereocenters. The Bertz CT molecular complexity index is 490. The van der Waals surface area contributed by atoms with Crippen LogP contribution in [0.1, 0.15) is 25.8 Å². The fraction of sp³-hybridized carbons (Fsp3) is 0.385. The molecule has 0 bridgehead atoms. The Labute approximate surface area is 105 Å². The Hall–Kier alpha value is -0.970. The van der Waals surface area contributed by atoms with Gasteiger partial charge in [-0.15, -0.1) is 0 Å². The monoisotopic (exact) mass is 278 g/mol. The Balaban J connectivity index is 2.56. The maximum Gasteiger partial charge on any atom is 0.459 e. The quantitative estimate of drug-likeness (QED) is 0.613. The van der Waals surface area contributed by atoms with E-state index in [4.69, 9.17) is 0 Å². The molecule has 1 aliphatic rings. The third kappa shape index (κ3) is 1.94. The number of benzene rings is 1. The minimum Gasteiger partial charge on any atom is -0.172 e. The number of allylic oxidation sites excluding steroid dienone is 1. The van der Waals surface area contributed by atoms with Crippen LogP contribution < -0.4 is 0 Å². The average Bonchev–Trinajstić information content (AvgIpc) is 2.52. The van der Waals surface area contributed by atoms with Gasteiger partial charge in [-0.3, -0.25) is 0 Å². The molecule has 0 nitrogen and oxygen atoms in total. The van der Waals surface area contributed by atoms with Gasteiger partial charge in [0.1, 0.15) is 0 Å². The fourth-order valence-electron chi connectivity index (χ4n) is 2.10. The van der Waals surface area contributed by atoms with Gasteiger partial charge in [-0.05, 0) is 30.0 Å². The van der Waals surface area contributed by atoms with Gasteiger partial charge in [0.15, 0.2) is 0 Å². The summed E-state index contributed by atoms with van der Waals surface area (Å²) < 4.78 is 54.2. The predicted octanol–water partition coefficient (Wildman–Crippen LogP) is 5.66. The molecule has 1 aromatic carbocycles. The van der Waals surface area contributed by atoms with Crippen LogP contribution in [0.15, 0.2) is 34.1 Å². The van der Waals surface area contributed by atoms with Gasteiger partial charge in [0.25, 0.3) is 0 Å². The van der Waals surface area contributed by atoms with Gasteiger partial charge in [-0.2, -0.15) is 17.1 Å². The van der Waals surface area contributed by atoms with Gasteiger partial charge in [0.05, 0.1) is 10.4 Å². The molecular formula is C13H14F4S. The van der Waals surface area contributed by atoms with E-state index >= 15 is 0 Å². The summed E-state index contributed by atoms with van der Waals surface area (Å²) in [6.07, 6.45) is 1.51. The Morgan fingerprint density at radius 1 is 1.17 bits per heavy atom. The zero-order chi connectivity index (χ0) is 13.6. The molecule has 0 saturated heterocycles. The summed E-state index contributed by atoms with van der Waals surface area (Å²) in [5.74, 6) is -0.00413. The van der Waals surface area contributed by atoms with Crippen molar-refractivity contribution in [1.82, 2.24) is 0 Å². The highest BCUT2D eigenvalue weighted by atomic mass is 32.3. The maximum atomic E-state index is 14.7. The van der Waals surface area contributed by atoms with Crippen LogP contribution in [-0.4, -0.2) is 5.51 Å². The molecule has 1 unspecified atom stereocenters. The van der Waals surface area contributed by atoms with Gasteiger partial charge in [0, 0.05) is 9.80 Å². The second-order valence-electron chi connectivity index (χ2n) is 4.73. The van der Waals surface area contributed by atoms with E-state index in [-0.39, 0.29) is 22.1 Å². The minimum atomic E-state index is -4.83. The van der Waals surface area contributed by atoms with Gasteiger partial charge in [-0.25, -0.2) is 0 Å². The Morgan fingerprint density at radius 2 is 1.78 bits per heavy atom. The van der Waals surface area contributed by atoms with E-state index in [0.717, 1.165) is 0 Å². The van der Waals surface area contributed by atoms with Gasteiger partial charge < -0.3 is 0 Å². The first-order valence-corrected chi connectivity index (χ1v) is 7.19. The van der Waals surface area contributed by atoms with Crippen LogP contribution in [0.25, 0.3) is 6.08 Å². The van der Waals surface area contributed by atoms with Crippen LogP contribution in [-0.2, 0) is 0 Å². The topological polar surface area (TPSA) is 0 Å². The van der Waals surface area contributed by atoms with E-state index in [0.29, 0.717) is 5.56 Å². The van der Waals surface area contributed by atoms with E-state index in [1.54, 1.807) is 19.9 Å². The number of halogens is 4. The van der Waals surface area contributed by atoms with E-state index in [1.807, 2.05) is 0 Å². The zero-order valence-corrected chi connectivity index (χ0v) is 10.9. The third-order valence-electron chi connectivity index (χ3n) is 2.83. The van der Waals surface area contributed by atoms with Crippen molar-refractivity contribution in [1.29, 1.82) is 0 Å². The lowest BCUT2D eigenvalue weighted by Crippen LogP contribution is -2.17. The number of hydrogen-bond acceptors (Lipinski definition) is 0. The fourth-order valence-corrected chi connectivity index (χ4v) is 4.50. The first-order chi connectivity index (χ1) is 8.26. The lowest BCUT2D eigenvalue weighted by atomic mass is 10.1. The van der Waals surface area contributed by atoms with Crippen LogP contribution in [0.5, 0.6) is 0 Å². The largest absolute Gasteiger partial charge is 0.459 e. The average molecular weight is 278 g/mol. The van der Waals surface area contributed by atoms with Crippen molar-refractivity contribution in [2.45, 2.75) is 30.7 Å². The number of fused-ring (bicyclic) bond motifs is 1. The van der Waals surface area contributed by atoms with E-state index < -0.39 is 15.9 Å². The minimum absolute atomic E-state index is 0.00413. The summed E-state index contributed by atoms with van der Waals surface area (Å²) in [5.41, 5.74) is -4.47. The molecule has 0 radical (unpaired) electrons. The molecule has 0 aromatic heterocycles. The summed E-state index contributed by atoms with van der Waals surface area (Å²) in [5, 5.41) is 0. The summed E-state index contributed by atoms with van der Waals surface area (Å²) in [7, 11) is -4.35. The smallest absolute Gasteiger partial charge is 0.172 e. The summed E-state index contributed by atoms with van der Waals surface area (Å²) in [6, 6.07) is 5.87. The van der Waals surface area contributed by atoms with Crippen LogP contribution in [0.2, 0.25) is 0 Å². The molecule has 0 saturated carbocycles. The van der Waals surface area contributed by atoms with Crippen molar-refractivity contribution >= 4 is 16.5 Å². The highest BCUT2D eigenvalue weighted by molar-refractivity contribution is 8.33. The molecule has 5 heteroatoms. The van der Waals surface area contributed by atoms with Crippen molar-refractivity contribution in [2.75, 3.05) is 0 Å². The highest BCUT2D eigenvalue weighted by Crippen LogP contribution is 2.78. The molecule has 2 rings (SSSR count). The molecule has 0 aliphatic carbocycles. The first kappa shape index (κ1) is 13.5. The number of hydrogen-bond donors (Lipinski definition) is 0. The van der Waals surface area contributed by atoms with E-state index in [2.05, 4.69) is 0 Å². The van der Waals surface area contributed by atoms with Crippen LogP contribution in [0, 0.1) is 5.92 Å². The summed E-state index contributed by atoms with van der Waals surface area (Å²) >= 11 is 0. The molecule has 0 spiro atoms. The van der Waals surface area contributed by atoms with Crippen molar-refractivity contribution < 1.29 is 17.1 Å². The van der Waals surface area contributed by atoms with Crippen LogP contribution in [0.4, 0.5) is 17.1 Å². The SMILES string of the molecule is CC(C)CC1=Cc2ccccc2S1(F)C(F)(F)F. The van der Waals surface area contributed by atoms with Gasteiger partial charge in [-0.1, -0.05) is 32.0 Å². The van der Waals surface area contributed by atoms with Crippen molar-refractivity contribution in [2.24, 2.45) is 5.92 Å². The Morgan fingerprint density at radius 3 is 2.33 bits per heavy atom. The molecule has 1 heterocycles. The number of alkyl halides is 3. The second kappa shape index (κ2) is 4.30. The van der Waals surface area contributed by atoms with E-state index in [1.165, 1.54) is 24.3 Å². The van der Waals surface area contributed by atoms with Crippen LogP contribution in [0.3, 0.4) is 0 Å². The molecule has 1 aliphatic heterocycles. The molecule has 100 valence electrons. The molecule has 0 N–H and O–H groups in total. The molecule has 0 amide bonds.